The monoisotopic (exact) mass is 532 g/mol. The van der Waals surface area contributed by atoms with Gasteiger partial charge in [0.2, 0.25) is 0 Å². The molecule has 0 aliphatic heterocycles. The van der Waals surface area contributed by atoms with Gasteiger partial charge in [-0.1, -0.05) is 76.7 Å². The SMILES string of the molecule is O=C(COC(=O)c1cc(-c2ccc(Cl)c(Cl)c2Cl)nc2ccccc12)NCc1ccc(Cl)cc1. The minimum atomic E-state index is -0.669. The molecule has 172 valence electrons. The molecular weight excluding hydrogens is 518 g/mol. The molecule has 0 spiro atoms. The molecule has 0 atom stereocenters. The second kappa shape index (κ2) is 10.6. The Kier molecular flexibility index (Phi) is 7.59. The first-order chi connectivity index (χ1) is 16.3. The number of pyridine rings is 1. The van der Waals surface area contributed by atoms with Gasteiger partial charge in [0.25, 0.3) is 5.91 Å². The molecule has 0 aliphatic rings. The Balaban J connectivity index is 1.54. The van der Waals surface area contributed by atoms with Crippen molar-refractivity contribution in [3.05, 3.63) is 97.9 Å². The number of hydrogen-bond acceptors (Lipinski definition) is 4. The number of ether oxygens (including phenoxy) is 1. The summed E-state index contributed by atoms with van der Waals surface area (Å²) < 4.78 is 5.29. The fourth-order valence-electron chi connectivity index (χ4n) is 3.27. The molecule has 0 unspecified atom stereocenters. The normalized spacial score (nSPS) is 10.8. The summed E-state index contributed by atoms with van der Waals surface area (Å²) in [5.41, 5.74) is 2.60. The molecular formula is C25H16Cl4N2O3. The molecule has 0 saturated heterocycles. The van der Waals surface area contributed by atoms with Crippen molar-refractivity contribution in [2.24, 2.45) is 0 Å². The van der Waals surface area contributed by atoms with Crippen molar-refractivity contribution in [3.63, 3.8) is 0 Å². The molecule has 0 aliphatic carbocycles. The number of halogens is 4. The molecule has 1 aromatic heterocycles. The number of benzene rings is 3. The summed E-state index contributed by atoms with van der Waals surface area (Å²) >= 11 is 24.5. The quantitative estimate of drug-likeness (QED) is 0.214. The van der Waals surface area contributed by atoms with Gasteiger partial charge in [-0.2, -0.15) is 0 Å². The molecule has 5 nitrogen and oxygen atoms in total. The van der Waals surface area contributed by atoms with E-state index >= 15 is 0 Å². The number of esters is 1. The standard InChI is InChI=1S/C25H16Cl4N2O3/c26-15-7-5-14(6-8-15)12-30-22(32)13-34-25(33)18-11-21(31-20-4-2-1-3-16(18)20)17-9-10-19(27)24(29)23(17)28/h1-11H,12-13H2,(H,30,32). The van der Waals surface area contributed by atoms with E-state index in [1.165, 1.54) is 0 Å². The number of nitrogens with zero attached hydrogens (tertiary/aromatic N) is 1. The number of carbonyl (C=O) groups is 2. The maximum Gasteiger partial charge on any atom is 0.339 e. The minimum absolute atomic E-state index is 0.192. The molecule has 0 radical (unpaired) electrons. The van der Waals surface area contributed by atoms with Crippen molar-refractivity contribution in [2.75, 3.05) is 6.61 Å². The van der Waals surface area contributed by atoms with Gasteiger partial charge in [0.05, 0.1) is 31.8 Å². The summed E-state index contributed by atoms with van der Waals surface area (Å²) in [4.78, 5) is 29.8. The Hall–Kier alpha value is -2.83. The van der Waals surface area contributed by atoms with Crippen molar-refractivity contribution in [1.29, 1.82) is 0 Å². The molecule has 0 fully saturated rings. The molecule has 9 heteroatoms. The van der Waals surface area contributed by atoms with Gasteiger partial charge >= 0.3 is 5.97 Å². The van der Waals surface area contributed by atoms with Crippen LogP contribution in [0.25, 0.3) is 22.2 Å². The molecule has 1 amide bonds. The van der Waals surface area contributed by atoms with Crippen molar-refractivity contribution in [3.8, 4) is 11.3 Å². The zero-order chi connectivity index (χ0) is 24.2. The van der Waals surface area contributed by atoms with Crippen LogP contribution in [0.2, 0.25) is 20.1 Å². The maximum absolute atomic E-state index is 12.9. The van der Waals surface area contributed by atoms with Crippen LogP contribution >= 0.6 is 46.4 Å². The lowest BCUT2D eigenvalue weighted by Gasteiger charge is -2.12. The van der Waals surface area contributed by atoms with Crippen LogP contribution < -0.4 is 5.32 Å². The third kappa shape index (κ3) is 5.45. The predicted molar refractivity (Wildman–Crippen MR) is 136 cm³/mol. The highest BCUT2D eigenvalue weighted by molar-refractivity contribution is 6.49. The van der Waals surface area contributed by atoms with E-state index in [4.69, 9.17) is 51.1 Å². The van der Waals surface area contributed by atoms with Gasteiger partial charge in [-0.3, -0.25) is 4.79 Å². The Morgan fingerprint density at radius 3 is 2.38 bits per heavy atom. The summed E-state index contributed by atoms with van der Waals surface area (Å²) in [5.74, 6) is -1.10. The minimum Gasteiger partial charge on any atom is -0.452 e. The molecule has 4 aromatic rings. The van der Waals surface area contributed by atoms with E-state index in [-0.39, 0.29) is 22.2 Å². The number of aromatic nitrogens is 1. The summed E-state index contributed by atoms with van der Waals surface area (Å²) in [6.45, 7) is -0.155. The van der Waals surface area contributed by atoms with Gasteiger partial charge in [-0.15, -0.1) is 0 Å². The Bertz CT molecular complexity index is 1390. The molecule has 4 rings (SSSR count). The Morgan fingerprint density at radius 2 is 1.62 bits per heavy atom. The predicted octanol–water partition coefficient (Wildman–Crippen LogP) is 6.99. The van der Waals surface area contributed by atoms with E-state index in [1.807, 2.05) is 0 Å². The highest BCUT2D eigenvalue weighted by Gasteiger charge is 2.19. The van der Waals surface area contributed by atoms with E-state index in [2.05, 4.69) is 10.3 Å². The van der Waals surface area contributed by atoms with Crippen LogP contribution in [0.4, 0.5) is 0 Å². The van der Waals surface area contributed by atoms with Crippen LogP contribution in [0.1, 0.15) is 15.9 Å². The van der Waals surface area contributed by atoms with Crippen molar-refractivity contribution >= 4 is 69.2 Å². The Morgan fingerprint density at radius 1 is 0.882 bits per heavy atom. The average molecular weight is 534 g/mol. The van der Waals surface area contributed by atoms with E-state index in [1.54, 1.807) is 66.7 Å². The van der Waals surface area contributed by atoms with Crippen LogP contribution in [0.5, 0.6) is 0 Å². The van der Waals surface area contributed by atoms with Crippen molar-refractivity contribution in [1.82, 2.24) is 10.3 Å². The highest BCUT2D eigenvalue weighted by atomic mass is 35.5. The van der Waals surface area contributed by atoms with Gasteiger partial charge in [0.15, 0.2) is 6.61 Å². The number of rotatable bonds is 6. The highest BCUT2D eigenvalue weighted by Crippen LogP contribution is 2.38. The zero-order valence-electron chi connectivity index (χ0n) is 17.4. The van der Waals surface area contributed by atoms with Gasteiger partial charge in [-0.25, -0.2) is 9.78 Å². The summed E-state index contributed by atoms with van der Waals surface area (Å²) in [6.07, 6.45) is 0. The number of amides is 1. The average Bonchev–Trinajstić information content (AvgIpc) is 2.85. The molecule has 1 N–H and O–H groups in total. The fraction of sp³-hybridized carbons (Fsp3) is 0.0800. The smallest absolute Gasteiger partial charge is 0.339 e. The third-order valence-electron chi connectivity index (χ3n) is 4.98. The molecule has 3 aromatic carbocycles. The third-order valence-corrected chi connectivity index (χ3v) is 6.53. The lowest BCUT2D eigenvalue weighted by molar-refractivity contribution is -0.124. The molecule has 0 bridgehead atoms. The fourth-order valence-corrected chi connectivity index (χ4v) is 4.03. The number of fused-ring (bicyclic) bond motifs is 1. The van der Waals surface area contributed by atoms with Gasteiger partial charge < -0.3 is 10.1 Å². The second-order valence-corrected chi connectivity index (χ2v) is 8.87. The van der Waals surface area contributed by atoms with Crippen LogP contribution in [-0.2, 0) is 16.1 Å². The topological polar surface area (TPSA) is 68.3 Å². The number of hydrogen-bond donors (Lipinski definition) is 1. The van der Waals surface area contributed by atoms with Crippen molar-refractivity contribution in [2.45, 2.75) is 6.54 Å². The largest absolute Gasteiger partial charge is 0.452 e. The number of carbonyl (C=O) groups excluding carboxylic acids is 2. The molecule has 34 heavy (non-hydrogen) atoms. The van der Waals surface area contributed by atoms with E-state index in [0.29, 0.717) is 32.2 Å². The zero-order valence-corrected chi connectivity index (χ0v) is 20.5. The number of nitrogens with one attached hydrogen (secondary N) is 1. The summed E-state index contributed by atoms with van der Waals surface area (Å²) in [5, 5.41) is 4.60. The van der Waals surface area contributed by atoms with Crippen LogP contribution in [0.3, 0.4) is 0 Å². The lowest BCUT2D eigenvalue weighted by atomic mass is 10.0. The van der Waals surface area contributed by atoms with Crippen LogP contribution in [-0.4, -0.2) is 23.5 Å². The number of para-hydroxylation sites is 1. The lowest BCUT2D eigenvalue weighted by Crippen LogP contribution is -2.28. The first-order valence-electron chi connectivity index (χ1n) is 10.1. The van der Waals surface area contributed by atoms with Gasteiger partial charge in [-0.05, 0) is 42.0 Å². The molecule has 0 saturated carbocycles. The van der Waals surface area contributed by atoms with Crippen LogP contribution in [0.15, 0.2) is 66.7 Å². The first kappa shape index (κ1) is 24.3. The summed E-state index contributed by atoms with van der Waals surface area (Å²) in [6, 6.07) is 19.0. The first-order valence-corrected chi connectivity index (χ1v) is 11.6. The summed E-state index contributed by atoms with van der Waals surface area (Å²) in [7, 11) is 0. The van der Waals surface area contributed by atoms with Gasteiger partial charge in [0, 0.05) is 22.5 Å². The van der Waals surface area contributed by atoms with E-state index in [0.717, 1.165) is 5.56 Å². The van der Waals surface area contributed by atoms with Gasteiger partial charge in [0.1, 0.15) is 0 Å². The second-order valence-electron chi connectivity index (χ2n) is 7.27. The van der Waals surface area contributed by atoms with Crippen molar-refractivity contribution < 1.29 is 14.3 Å². The molecule has 1 heterocycles. The van der Waals surface area contributed by atoms with Crippen LogP contribution in [0, 0.1) is 0 Å². The van der Waals surface area contributed by atoms with E-state index < -0.39 is 18.5 Å². The van der Waals surface area contributed by atoms with E-state index in [9.17, 15) is 9.59 Å². The maximum atomic E-state index is 12.9. The Labute approximate surface area is 215 Å².